The Hall–Kier alpha value is -0.970. The molecule has 1 heterocycles. The summed E-state index contributed by atoms with van der Waals surface area (Å²) in [6.45, 7) is 3.95. The second kappa shape index (κ2) is 6.66. The first-order valence-corrected chi connectivity index (χ1v) is 7.44. The number of carbonyl (C=O) groups is 1. The standard InChI is InChI=1S/C14H18Cl2N2O2/c1-2-20-10-4-3-5-18(8-10)14(19)9-6-11(15)13(16)12(17)7-9/h6-7,10H,2-5,8,17H2,1H3. The first-order valence-electron chi connectivity index (χ1n) is 6.68. The first kappa shape index (κ1) is 15.4. The Morgan fingerprint density at radius 2 is 2.25 bits per heavy atom. The van der Waals surface area contributed by atoms with Crippen LogP contribution >= 0.6 is 23.2 Å². The molecule has 0 radical (unpaired) electrons. The molecule has 0 aromatic heterocycles. The van der Waals surface area contributed by atoms with Crippen LogP contribution in [0.5, 0.6) is 0 Å². The minimum absolute atomic E-state index is 0.0836. The van der Waals surface area contributed by atoms with Gasteiger partial charge in [-0.05, 0) is 31.9 Å². The molecule has 0 saturated carbocycles. The highest BCUT2D eigenvalue weighted by atomic mass is 35.5. The fourth-order valence-electron chi connectivity index (χ4n) is 2.41. The molecule has 20 heavy (non-hydrogen) atoms. The van der Waals surface area contributed by atoms with Crippen molar-refractivity contribution in [2.45, 2.75) is 25.9 Å². The number of benzene rings is 1. The second-order valence-corrected chi connectivity index (χ2v) is 5.62. The fourth-order valence-corrected chi connectivity index (χ4v) is 2.75. The number of carbonyl (C=O) groups excluding carboxylic acids is 1. The molecule has 1 fully saturated rings. The van der Waals surface area contributed by atoms with E-state index in [1.54, 1.807) is 17.0 Å². The SMILES string of the molecule is CCOC1CCCN(C(=O)c2cc(N)c(Cl)c(Cl)c2)C1. The van der Waals surface area contributed by atoms with Crippen molar-refractivity contribution in [1.29, 1.82) is 0 Å². The number of piperidine rings is 1. The third kappa shape index (κ3) is 3.37. The molecule has 1 aromatic rings. The molecule has 110 valence electrons. The van der Waals surface area contributed by atoms with Crippen molar-refractivity contribution in [3.05, 3.63) is 27.7 Å². The van der Waals surface area contributed by atoms with E-state index in [1.165, 1.54) is 0 Å². The van der Waals surface area contributed by atoms with Crippen molar-refractivity contribution in [3.63, 3.8) is 0 Å². The van der Waals surface area contributed by atoms with Gasteiger partial charge in [-0.25, -0.2) is 0 Å². The number of nitrogens with zero attached hydrogens (tertiary/aromatic N) is 1. The Kier molecular flexibility index (Phi) is 5.13. The van der Waals surface area contributed by atoms with Crippen LogP contribution in [0.4, 0.5) is 5.69 Å². The molecule has 2 rings (SSSR count). The number of halogens is 2. The highest BCUT2D eigenvalue weighted by Gasteiger charge is 2.25. The van der Waals surface area contributed by atoms with E-state index < -0.39 is 0 Å². The highest BCUT2D eigenvalue weighted by Crippen LogP contribution is 2.30. The summed E-state index contributed by atoms with van der Waals surface area (Å²) >= 11 is 11.9. The van der Waals surface area contributed by atoms with Crippen LogP contribution in [0.25, 0.3) is 0 Å². The molecule has 0 bridgehead atoms. The van der Waals surface area contributed by atoms with Crippen LogP contribution in [-0.4, -0.2) is 36.6 Å². The lowest BCUT2D eigenvalue weighted by Crippen LogP contribution is -2.43. The summed E-state index contributed by atoms with van der Waals surface area (Å²) in [6, 6.07) is 3.13. The van der Waals surface area contributed by atoms with Crippen LogP contribution in [0.1, 0.15) is 30.1 Å². The number of rotatable bonds is 3. The maximum atomic E-state index is 12.5. The minimum Gasteiger partial charge on any atom is -0.397 e. The van der Waals surface area contributed by atoms with Gasteiger partial charge in [-0.3, -0.25) is 4.79 Å². The van der Waals surface area contributed by atoms with Gasteiger partial charge in [0, 0.05) is 25.3 Å². The van der Waals surface area contributed by atoms with Crippen LogP contribution in [0, 0.1) is 0 Å². The lowest BCUT2D eigenvalue weighted by atomic mass is 10.1. The second-order valence-electron chi connectivity index (χ2n) is 4.83. The maximum absolute atomic E-state index is 12.5. The summed E-state index contributed by atoms with van der Waals surface area (Å²) in [5.74, 6) is -0.0836. The summed E-state index contributed by atoms with van der Waals surface area (Å²) in [4.78, 5) is 14.3. The van der Waals surface area contributed by atoms with E-state index in [9.17, 15) is 4.79 Å². The lowest BCUT2D eigenvalue weighted by molar-refractivity contribution is 0.00725. The van der Waals surface area contributed by atoms with Crippen molar-refractivity contribution in [2.24, 2.45) is 0 Å². The third-order valence-electron chi connectivity index (χ3n) is 3.37. The smallest absolute Gasteiger partial charge is 0.254 e. The molecule has 0 aliphatic carbocycles. The van der Waals surface area contributed by atoms with Gasteiger partial charge >= 0.3 is 0 Å². The average molecular weight is 317 g/mol. The third-order valence-corrected chi connectivity index (χ3v) is 4.19. The van der Waals surface area contributed by atoms with Crippen LogP contribution < -0.4 is 5.73 Å². The van der Waals surface area contributed by atoms with Gasteiger partial charge in [0.15, 0.2) is 0 Å². The normalized spacial score (nSPS) is 19.1. The van der Waals surface area contributed by atoms with E-state index in [0.717, 1.165) is 19.4 Å². The van der Waals surface area contributed by atoms with E-state index in [0.29, 0.717) is 29.4 Å². The van der Waals surface area contributed by atoms with E-state index in [2.05, 4.69) is 0 Å². The molecule has 1 aromatic carbocycles. The van der Waals surface area contributed by atoms with E-state index in [-0.39, 0.29) is 17.0 Å². The van der Waals surface area contributed by atoms with Crippen molar-refractivity contribution < 1.29 is 9.53 Å². The number of hydrogen-bond acceptors (Lipinski definition) is 3. The number of likely N-dealkylation sites (tertiary alicyclic amines) is 1. The largest absolute Gasteiger partial charge is 0.397 e. The number of ether oxygens (including phenoxy) is 1. The predicted octanol–water partition coefficient (Wildman–Crippen LogP) is 3.22. The maximum Gasteiger partial charge on any atom is 0.254 e. The van der Waals surface area contributed by atoms with Gasteiger partial charge in [-0.1, -0.05) is 23.2 Å². The van der Waals surface area contributed by atoms with Gasteiger partial charge in [0.05, 0.1) is 21.8 Å². The summed E-state index contributed by atoms with van der Waals surface area (Å²) in [7, 11) is 0. The lowest BCUT2D eigenvalue weighted by Gasteiger charge is -2.32. The molecule has 1 atom stereocenters. The average Bonchev–Trinajstić information content (AvgIpc) is 2.44. The predicted molar refractivity (Wildman–Crippen MR) is 81.4 cm³/mol. The topological polar surface area (TPSA) is 55.6 Å². The molecule has 1 amide bonds. The Balaban J connectivity index is 2.14. The van der Waals surface area contributed by atoms with Gasteiger partial charge in [0.2, 0.25) is 0 Å². The van der Waals surface area contributed by atoms with Gasteiger partial charge in [0.25, 0.3) is 5.91 Å². The monoisotopic (exact) mass is 316 g/mol. The zero-order valence-corrected chi connectivity index (χ0v) is 12.9. The Morgan fingerprint density at radius 1 is 1.50 bits per heavy atom. The van der Waals surface area contributed by atoms with Crippen LogP contribution in [-0.2, 0) is 4.74 Å². The zero-order chi connectivity index (χ0) is 14.7. The van der Waals surface area contributed by atoms with Crippen molar-refractivity contribution in [2.75, 3.05) is 25.4 Å². The molecule has 4 nitrogen and oxygen atoms in total. The highest BCUT2D eigenvalue weighted by molar-refractivity contribution is 6.43. The molecule has 0 spiro atoms. The molecule has 1 saturated heterocycles. The number of amides is 1. The summed E-state index contributed by atoms with van der Waals surface area (Å²) in [5, 5.41) is 0.586. The quantitative estimate of drug-likeness (QED) is 0.871. The number of hydrogen-bond donors (Lipinski definition) is 1. The number of anilines is 1. The van der Waals surface area contributed by atoms with Crippen LogP contribution in [0.15, 0.2) is 12.1 Å². The van der Waals surface area contributed by atoms with E-state index >= 15 is 0 Å². The summed E-state index contributed by atoms with van der Waals surface area (Å²) in [6.07, 6.45) is 2.03. The molecule has 6 heteroatoms. The Morgan fingerprint density at radius 3 is 2.90 bits per heavy atom. The molecular weight excluding hydrogens is 299 g/mol. The first-order chi connectivity index (χ1) is 9.52. The summed E-state index contributed by atoms with van der Waals surface area (Å²) < 4.78 is 5.60. The Labute approximate surface area is 128 Å². The zero-order valence-electron chi connectivity index (χ0n) is 11.4. The molecule has 1 aliphatic heterocycles. The van der Waals surface area contributed by atoms with Crippen molar-refractivity contribution in [1.82, 2.24) is 4.90 Å². The van der Waals surface area contributed by atoms with Gasteiger partial charge in [-0.2, -0.15) is 0 Å². The molecule has 1 aliphatic rings. The van der Waals surface area contributed by atoms with Gasteiger partial charge in [-0.15, -0.1) is 0 Å². The van der Waals surface area contributed by atoms with Gasteiger partial charge in [0.1, 0.15) is 0 Å². The van der Waals surface area contributed by atoms with Crippen LogP contribution in [0.3, 0.4) is 0 Å². The number of nitrogen functional groups attached to an aromatic ring is 1. The van der Waals surface area contributed by atoms with Crippen molar-refractivity contribution >= 4 is 34.8 Å². The van der Waals surface area contributed by atoms with Crippen molar-refractivity contribution in [3.8, 4) is 0 Å². The molecule has 2 N–H and O–H groups in total. The molecular formula is C14H18Cl2N2O2. The van der Waals surface area contributed by atoms with Crippen LogP contribution in [0.2, 0.25) is 10.0 Å². The minimum atomic E-state index is -0.0836. The fraction of sp³-hybridized carbons (Fsp3) is 0.500. The summed E-state index contributed by atoms with van der Waals surface area (Å²) in [5.41, 5.74) is 6.54. The molecule has 1 unspecified atom stereocenters. The number of nitrogens with two attached hydrogens (primary N) is 1. The van der Waals surface area contributed by atoms with E-state index in [4.69, 9.17) is 33.7 Å². The van der Waals surface area contributed by atoms with Gasteiger partial charge < -0.3 is 15.4 Å². The van der Waals surface area contributed by atoms with E-state index in [1.807, 2.05) is 6.92 Å². The Bertz CT molecular complexity index is 483.